The second kappa shape index (κ2) is 25.1. The number of pyridine rings is 5. The zero-order chi connectivity index (χ0) is 58.4. The van der Waals surface area contributed by atoms with Gasteiger partial charge in [-0.05, 0) is 139 Å². The molecule has 0 spiro atoms. The van der Waals surface area contributed by atoms with E-state index in [1.165, 1.54) is 12.1 Å². The zero-order valence-corrected chi connectivity index (χ0v) is 46.7. The molecule has 0 saturated heterocycles. The van der Waals surface area contributed by atoms with Gasteiger partial charge in [-0.25, -0.2) is 34.3 Å². The zero-order valence-electron chi connectivity index (χ0n) is 46.7. The Bertz CT molecular complexity index is 4510. The van der Waals surface area contributed by atoms with E-state index in [4.69, 9.17) is 14.5 Å². The molecule has 7 heterocycles. The highest BCUT2D eigenvalue weighted by Crippen LogP contribution is 2.36. The van der Waals surface area contributed by atoms with Crippen LogP contribution in [0.2, 0.25) is 0 Å². The third kappa shape index (κ3) is 11.9. The average Bonchev–Trinajstić information content (AvgIpc) is 1.36. The van der Waals surface area contributed by atoms with Gasteiger partial charge in [0.05, 0.1) is 48.3 Å². The van der Waals surface area contributed by atoms with Crippen LogP contribution >= 0.6 is 0 Å². The fraction of sp³-hybridized carbons (Fsp3) is 0.132. The molecule has 0 fully saturated rings. The van der Waals surface area contributed by atoms with Crippen LogP contribution in [0, 0.1) is 19.7 Å². The van der Waals surface area contributed by atoms with Crippen LogP contribution in [-0.2, 0) is 0 Å². The fourth-order valence-corrected chi connectivity index (χ4v) is 10.3. The van der Waals surface area contributed by atoms with Crippen molar-refractivity contribution in [1.29, 1.82) is 0 Å². The number of fused-ring (bicyclic) bond motifs is 2. The van der Waals surface area contributed by atoms with Gasteiger partial charge in [0.1, 0.15) is 23.3 Å². The number of aryl methyl sites for hydroxylation is 2. The van der Waals surface area contributed by atoms with Gasteiger partial charge < -0.3 is 25.2 Å². The standard InChI is InChI=1S/C34H28FN5O3.C33H28N6O2.CH4/c1-20(38-33-27(19-37-21(2)39-33)22-12-13-28(35)30(41)17-22)29-16-24-8-7-11-26(23-14-15-36-31(18-23)43-3)32(24)34(42)40(29)25-9-5-4-6-10-25;1-21(37-32-27(20-36-22(2)38-32)28-14-7-8-16-34-28)29-18-24-10-9-13-26(23-15-17-35-30(19-23)41-3)31(24)33(40)39(29)25-11-5-4-6-12-25;/h4-20,41H,1-3H3,(H,37,38,39);4-21H,1-3H3,(H,36,37,38);1H4/t20-;21-;/m00./s1. The van der Waals surface area contributed by atoms with E-state index in [2.05, 4.69) is 46.6 Å². The highest BCUT2D eigenvalue weighted by Gasteiger charge is 2.24. The Morgan fingerprint density at radius 3 is 1.44 bits per heavy atom. The Morgan fingerprint density at radius 1 is 0.494 bits per heavy atom. The number of aromatic nitrogens is 9. The predicted molar refractivity (Wildman–Crippen MR) is 333 cm³/mol. The molecule has 2 atom stereocenters. The largest absolute Gasteiger partial charge is 0.505 e. The molecule has 0 aliphatic rings. The van der Waals surface area contributed by atoms with Crippen molar-refractivity contribution in [2.75, 3.05) is 24.9 Å². The number of methoxy groups -OCH3 is 2. The molecule has 0 saturated carbocycles. The molecule has 0 radical (unpaired) electrons. The van der Waals surface area contributed by atoms with E-state index in [0.717, 1.165) is 55.7 Å². The molecule has 12 rings (SSSR count). The molecule has 3 N–H and O–H groups in total. The number of phenolic OH excluding ortho intramolecular Hbond substituents is 1. The van der Waals surface area contributed by atoms with E-state index in [0.29, 0.717) is 68.3 Å². The van der Waals surface area contributed by atoms with Gasteiger partial charge in [-0.1, -0.05) is 92.4 Å². The van der Waals surface area contributed by atoms with Crippen molar-refractivity contribution in [3.05, 3.63) is 250 Å². The normalized spacial score (nSPS) is 11.7. The van der Waals surface area contributed by atoms with E-state index >= 15 is 0 Å². The molecule has 0 aliphatic heterocycles. The molecule has 0 aliphatic carbocycles. The van der Waals surface area contributed by atoms with Crippen LogP contribution in [0.25, 0.3) is 77.6 Å². The molecule has 7 aromatic heterocycles. The number of halogens is 1. The summed E-state index contributed by atoms with van der Waals surface area (Å²) in [5.74, 6) is 2.06. The number of benzene rings is 5. The number of hydrogen-bond donors (Lipinski definition) is 3. The lowest BCUT2D eigenvalue weighted by Gasteiger charge is -2.23. The number of nitrogens with one attached hydrogen (secondary N) is 2. The van der Waals surface area contributed by atoms with Gasteiger partial charge in [0, 0.05) is 71.4 Å². The van der Waals surface area contributed by atoms with Gasteiger partial charge in [0.2, 0.25) is 11.8 Å². The van der Waals surface area contributed by atoms with E-state index in [-0.39, 0.29) is 24.6 Å². The van der Waals surface area contributed by atoms with E-state index in [1.807, 2.05) is 166 Å². The van der Waals surface area contributed by atoms with Crippen LogP contribution < -0.4 is 31.2 Å². The first-order chi connectivity index (χ1) is 40.9. The lowest BCUT2D eigenvalue weighted by molar-refractivity contribution is 0.398. The Kier molecular flexibility index (Phi) is 16.9. The first-order valence-corrected chi connectivity index (χ1v) is 27.0. The van der Waals surface area contributed by atoms with Crippen LogP contribution in [0.1, 0.15) is 56.4 Å². The van der Waals surface area contributed by atoms with E-state index in [1.54, 1.807) is 67.3 Å². The highest BCUT2D eigenvalue weighted by molar-refractivity contribution is 5.98. The van der Waals surface area contributed by atoms with Crippen molar-refractivity contribution >= 4 is 33.2 Å². The predicted octanol–water partition coefficient (Wildman–Crippen LogP) is 13.9. The summed E-state index contributed by atoms with van der Waals surface area (Å²) in [4.78, 5) is 59.9. The summed E-state index contributed by atoms with van der Waals surface area (Å²) in [6, 6.07) is 51.4. The minimum Gasteiger partial charge on any atom is -0.505 e. The monoisotopic (exact) mass is 1130 g/mol. The van der Waals surface area contributed by atoms with Crippen LogP contribution in [0.5, 0.6) is 17.5 Å². The number of aromatic hydroxyl groups is 1. The third-order valence-corrected chi connectivity index (χ3v) is 14.3. The van der Waals surface area contributed by atoms with Crippen LogP contribution in [0.4, 0.5) is 16.0 Å². The van der Waals surface area contributed by atoms with Gasteiger partial charge >= 0.3 is 0 Å². The summed E-state index contributed by atoms with van der Waals surface area (Å²) in [7, 11) is 3.14. The maximum absolute atomic E-state index is 14.5. The number of ether oxygens (including phenoxy) is 2. The van der Waals surface area contributed by atoms with Gasteiger partial charge in [0.15, 0.2) is 11.6 Å². The second-order valence-electron chi connectivity index (χ2n) is 19.8. The lowest BCUT2D eigenvalue weighted by atomic mass is 9.98. The molecule has 12 aromatic rings. The van der Waals surface area contributed by atoms with E-state index < -0.39 is 17.6 Å². The molecule has 0 unspecified atom stereocenters. The molecule has 424 valence electrons. The number of hydrogen-bond acceptors (Lipinski definition) is 14. The van der Waals surface area contributed by atoms with Gasteiger partial charge in [-0.2, -0.15) is 0 Å². The maximum atomic E-state index is 14.5. The quantitative estimate of drug-likeness (QED) is 0.0929. The van der Waals surface area contributed by atoms with Gasteiger partial charge in [0.25, 0.3) is 11.1 Å². The topological polar surface area (TPSA) is 197 Å². The summed E-state index contributed by atoms with van der Waals surface area (Å²) in [6.45, 7) is 7.59. The van der Waals surface area contributed by atoms with Crippen molar-refractivity contribution in [2.24, 2.45) is 0 Å². The third-order valence-electron chi connectivity index (χ3n) is 14.3. The fourth-order valence-electron chi connectivity index (χ4n) is 10.3. The minimum atomic E-state index is -0.715. The number of rotatable bonds is 14. The van der Waals surface area contributed by atoms with Crippen molar-refractivity contribution < 1.29 is 19.0 Å². The summed E-state index contributed by atoms with van der Waals surface area (Å²) in [5, 5.41) is 19.8. The number of para-hydroxylation sites is 2. The van der Waals surface area contributed by atoms with Crippen molar-refractivity contribution in [3.8, 4) is 73.5 Å². The maximum Gasteiger partial charge on any atom is 0.263 e. The Hall–Kier alpha value is -10.9. The summed E-state index contributed by atoms with van der Waals surface area (Å²) in [6.07, 6.45) is 8.50. The Labute approximate surface area is 490 Å². The van der Waals surface area contributed by atoms with Crippen LogP contribution in [0.3, 0.4) is 0 Å². The summed E-state index contributed by atoms with van der Waals surface area (Å²) >= 11 is 0. The average molecular weight is 1130 g/mol. The first-order valence-electron chi connectivity index (χ1n) is 27.0. The minimum absolute atomic E-state index is 0. The highest BCUT2D eigenvalue weighted by atomic mass is 19.1. The number of phenols is 1. The number of nitrogens with zero attached hydrogens (tertiary/aromatic N) is 9. The van der Waals surface area contributed by atoms with Crippen molar-refractivity contribution in [2.45, 2.75) is 47.2 Å². The molecular formula is C68H60FN11O5. The van der Waals surface area contributed by atoms with Crippen molar-refractivity contribution in [1.82, 2.24) is 44.0 Å². The van der Waals surface area contributed by atoms with Crippen LogP contribution in [-0.4, -0.2) is 63.3 Å². The lowest BCUT2D eigenvalue weighted by Crippen LogP contribution is -2.26. The molecular weight excluding hydrogens is 1070 g/mol. The molecule has 0 bridgehead atoms. The number of anilines is 2. The van der Waals surface area contributed by atoms with Crippen LogP contribution in [0.15, 0.2) is 210 Å². The molecule has 17 heteroatoms. The van der Waals surface area contributed by atoms with Gasteiger partial charge in [-0.15, -0.1) is 0 Å². The van der Waals surface area contributed by atoms with Crippen molar-refractivity contribution in [3.63, 3.8) is 0 Å². The molecule has 0 amide bonds. The molecule has 85 heavy (non-hydrogen) atoms. The molecule has 16 nitrogen and oxygen atoms in total. The summed E-state index contributed by atoms with van der Waals surface area (Å²) < 4.78 is 28.0. The van der Waals surface area contributed by atoms with Gasteiger partial charge in [-0.3, -0.25) is 23.7 Å². The first kappa shape index (κ1) is 57.3. The summed E-state index contributed by atoms with van der Waals surface area (Å²) in [5.41, 5.74) is 8.61. The second-order valence-corrected chi connectivity index (χ2v) is 19.8. The molecule has 5 aromatic carbocycles. The van der Waals surface area contributed by atoms with E-state index in [9.17, 15) is 19.1 Å². The SMILES string of the molecule is C.COc1cc(-c2cccc3cc([C@H](C)Nc4nc(C)ncc4-c4ccc(F)c(O)c4)n(-c4ccccc4)c(=O)c23)ccn1.COc1cc(-c2cccc3cc([C@H](C)Nc4nc(C)ncc4-c4ccccn4)n(-c4ccccc4)c(=O)c23)ccn1. The Morgan fingerprint density at radius 2 is 0.965 bits per heavy atom. The Balaban J connectivity index is 0.000000187. The smallest absolute Gasteiger partial charge is 0.263 e.